The number of pyridine rings is 1. The Balaban J connectivity index is 1.31. The normalized spacial score (nSPS) is 15.4. The van der Waals surface area contributed by atoms with E-state index in [9.17, 15) is 13.9 Å². The van der Waals surface area contributed by atoms with Crippen LogP contribution in [0.1, 0.15) is 29.8 Å². The minimum absolute atomic E-state index is 0.0388. The molecule has 5 rings (SSSR count). The number of ether oxygens (including phenoxy) is 1. The lowest BCUT2D eigenvalue weighted by Crippen LogP contribution is -2.48. The van der Waals surface area contributed by atoms with Crippen LogP contribution in [0.25, 0.3) is 16.7 Å². The number of benzene rings is 2. The number of nitrogens with zero attached hydrogens (tertiary/aromatic N) is 3. The molecule has 4 aromatic rings. The van der Waals surface area contributed by atoms with E-state index in [1.807, 2.05) is 54.9 Å². The Morgan fingerprint density at radius 1 is 1.17 bits per heavy atom. The summed E-state index contributed by atoms with van der Waals surface area (Å²) in [5.41, 5.74) is 7.52. The minimum atomic E-state index is -3.39. The van der Waals surface area contributed by atoms with E-state index in [0.717, 1.165) is 10.9 Å². The Kier molecular flexibility index (Phi) is 5.83. The van der Waals surface area contributed by atoms with Gasteiger partial charge in [-0.1, -0.05) is 24.3 Å². The highest BCUT2D eigenvalue weighted by Crippen LogP contribution is 2.46. The zero-order chi connectivity index (χ0) is 25.5. The molecule has 0 atom stereocenters. The van der Waals surface area contributed by atoms with Crippen molar-refractivity contribution in [3.63, 3.8) is 0 Å². The fourth-order valence-electron chi connectivity index (χ4n) is 4.00. The summed E-state index contributed by atoms with van der Waals surface area (Å²) >= 11 is 0. The van der Waals surface area contributed by atoms with E-state index in [2.05, 4.69) is 19.4 Å². The monoisotopic (exact) mass is 506 g/mol. The second kappa shape index (κ2) is 8.86. The van der Waals surface area contributed by atoms with Crippen molar-refractivity contribution in [2.24, 2.45) is 10.1 Å². The smallest absolute Gasteiger partial charge is 0.252 e. The van der Waals surface area contributed by atoms with Crippen molar-refractivity contribution in [1.82, 2.24) is 14.9 Å². The fourth-order valence-corrected chi connectivity index (χ4v) is 4.88. The number of nitrogens with two attached hydrogens (primary N) is 1. The van der Waals surface area contributed by atoms with Crippen LogP contribution in [0.5, 0.6) is 5.75 Å². The summed E-state index contributed by atoms with van der Waals surface area (Å²) in [6, 6.07) is 18.4. The van der Waals surface area contributed by atoms with Gasteiger partial charge < -0.3 is 20.4 Å². The molecule has 2 aromatic carbocycles. The van der Waals surface area contributed by atoms with Gasteiger partial charge in [-0.05, 0) is 66.6 Å². The highest BCUT2D eigenvalue weighted by Gasteiger charge is 2.27. The third-order valence-electron chi connectivity index (χ3n) is 5.65. The Labute approximate surface area is 209 Å². The lowest BCUT2D eigenvalue weighted by molar-refractivity contribution is 0.0880. The molecular weight excluding hydrogens is 480 g/mol. The van der Waals surface area contributed by atoms with Gasteiger partial charge in [0.1, 0.15) is 18.2 Å². The Morgan fingerprint density at radius 3 is 2.81 bits per heavy atom. The largest absolute Gasteiger partial charge is 0.490 e. The number of nitrogens with one attached hydrogen (secondary N) is 2. The number of rotatable bonds is 6. The fraction of sp³-hybridized carbons (Fsp3) is 0.160. The maximum absolute atomic E-state index is 13.1. The number of amidine groups is 1. The molecule has 6 N–H and O–H groups in total. The van der Waals surface area contributed by atoms with Crippen molar-refractivity contribution in [2.75, 3.05) is 11.3 Å². The maximum atomic E-state index is 13.1. The molecular formula is C25H26N6O4S. The van der Waals surface area contributed by atoms with E-state index in [4.69, 9.17) is 10.5 Å². The highest BCUT2D eigenvalue weighted by molar-refractivity contribution is 8.24. The maximum Gasteiger partial charge on any atom is 0.252 e. The standard InChI is InChI=1S/C25H26N6O4S/c1-25(2,15-35-20-9-5-7-18-22(20)23(26)30-36(33,34)29-18)28-24(32)17-10-12-27-21(14-17)31-13-11-16-6-3-4-8-19(16)31/h3-14,29,33-34H,15H2,1-2H3,(H2,26,30)(H,28,32). The quantitative estimate of drug-likeness (QED) is 0.262. The van der Waals surface area contributed by atoms with Gasteiger partial charge in [0.15, 0.2) is 5.84 Å². The molecule has 11 heteroatoms. The van der Waals surface area contributed by atoms with Gasteiger partial charge in [0.05, 0.1) is 22.3 Å². The van der Waals surface area contributed by atoms with Crippen molar-refractivity contribution < 1.29 is 18.6 Å². The molecule has 0 bridgehead atoms. The molecule has 10 nitrogen and oxygen atoms in total. The summed E-state index contributed by atoms with van der Waals surface area (Å²) in [5.74, 6) is 0.741. The number of carbonyl (C=O) groups excluding carboxylic acids is 1. The summed E-state index contributed by atoms with van der Waals surface area (Å²) in [4.78, 5) is 17.5. The minimum Gasteiger partial charge on any atom is -0.490 e. The molecule has 36 heavy (non-hydrogen) atoms. The Bertz CT molecular complexity index is 1500. The van der Waals surface area contributed by atoms with Gasteiger partial charge >= 0.3 is 0 Å². The molecule has 0 fully saturated rings. The molecule has 0 saturated carbocycles. The van der Waals surface area contributed by atoms with Crippen LogP contribution in [0, 0.1) is 0 Å². The molecule has 1 aliphatic rings. The molecule has 0 unspecified atom stereocenters. The van der Waals surface area contributed by atoms with Crippen LogP contribution in [0.4, 0.5) is 5.69 Å². The zero-order valence-electron chi connectivity index (χ0n) is 19.7. The van der Waals surface area contributed by atoms with E-state index in [1.54, 1.807) is 36.5 Å². The van der Waals surface area contributed by atoms with Crippen molar-refractivity contribution in [2.45, 2.75) is 19.4 Å². The molecule has 3 heterocycles. The second-order valence-corrected chi connectivity index (χ2v) is 10.5. The molecule has 1 amide bonds. The summed E-state index contributed by atoms with van der Waals surface area (Å²) in [7, 11) is -3.39. The number of hydrogen-bond donors (Lipinski definition) is 5. The lowest BCUT2D eigenvalue weighted by atomic mass is 10.1. The van der Waals surface area contributed by atoms with E-state index >= 15 is 0 Å². The van der Waals surface area contributed by atoms with Crippen molar-refractivity contribution >= 4 is 39.3 Å². The van der Waals surface area contributed by atoms with Gasteiger partial charge in [-0.25, -0.2) is 4.98 Å². The average Bonchev–Trinajstić information content (AvgIpc) is 3.26. The van der Waals surface area contributed by atoms with Gasteiger partial charge in [0.25, 0.3) is 5.91 Å². The molecule has 2 aromatic heterocycles. The first-order valence-corrected chi connectivity index (χ1v) is 12.6. The van der Waals surface area contributed by atoms with Gasteiger partial charge in [0, 0.05) is 18.0 Å². The van der Waals surface area contributed by atoms with Crippen LogP contribution in [0.2, 0.25) is 0 Å². The highest BCUT2D eigenvalue weighted by atomic mass is 32.3. The number of anilines is 1. The predicted octanol–water partition coefficient (Wildman–Crippen LogP) is 4.32. The van der Waals surface area contributed by atoms with Crippen LogP contribution in [-0.2, 0) is 0 Å². The third kappa shape index (κ3) is 4.71. The number of fused-ring (bicyclic) bond motifs is 2. The van der Waals surface area contributed by atoms with Crippen LogP contribution in [-0.4, -0.2) is 42.5 Å². The van der Waals surface area contributed by atoms with Crippen molar-refractivity contribution in [3.8, 4) is 11.6 Å². The Morgan fingerprint density at radius 2 is 1.97 bits per heavy atom. The summed E-state index contributed by atoms with van der Waals surface area (Å²) in [5, 5.41) is 4.09. The summed E-state index contributed by atoms with van der Waals surface area (Å²) in [6.45, 7) is 3.81. The second-order valence-electron chi connectivity index (χ2n) is 9.05. The molecule has 186 valence electrons. The number of amides is 1. The molecule has 0 aliphatic carbocycles. The van der Waals surface area contributed by atoms with E-state index < -0.39 is 16.5 Å². The van der Waals surface area contributed by atoms with Crippen LogP contribution in [0.15, 0.2) is 77.5 Å². The molecule has 1 aliphatic heterocycles. The first-order valence-electron chi connectivity index (χ1n) is 11.1. The molecule has 0 spiro atoms. The van der Waals surface area contributed by atoms with E-state index in [1.165, 1.54) is 0 Å². The average molecular weight is 507 g/mol. The van der Waals surface area contributed by atoms with Crippen molar-refractivity contribution in [3.05, 3.63) is 84.2 Å². The first-order chi connectivity index (χ1) is 17.1. The van der Waals surface area contributed by atoms with Crippen LogP contribution < -0.4 is 20.5 Å². The van der Waals surface area contributed by atoms with Gasteiger partial charge in [0.2, 0.25) is 0 Å². The zero-order valence-corrected chi connectivity index (χ0v) is 20.5. The van der Waals surface area contributed by atoms with Gasteiger partial charge in [-0.15, -0.1) is 4.40 Å². The number of hydrogen-bond acceptors (Lipinski definition) is 8. The van der Waals surface area contributed by atoms with E-state index in [-0.39, 0.29) is 18.3 Å². The first kappa shape index (κ1) is 23.7. The SMILES string of the molecule is CC(C)(COc1cccc2c1C(N)=NS(O)(O)N2)NC(=O)c1ccnc(-n2ccc3ccccc32)c1. The Hall–Kier alpha value is -4.06. The number of para-hydroxylation sites is 1. The van der Waals surface area contributed by atoms with Gasteiger partial charge in [-0.2, -0.15) is 0 Å². The lowest BCUT2D eigenvalue weighted by Gasteiger charge is -2.34. The molecule has 0 saturated heterocycles. The van der Waals surface area contributed by atoms with Crippen LogP contribution >= 0.6 is 11.0 Å². The summed E-state index contributed by atoms with van der Waals surface area (Å²) in [6.07, 6.45) is 3.54. The van der Waals surface area contributed by atoms with Crippen molar-refractivity contribution in [1.29, 1.82) is 0 Å². The molecule has 0 radical (unpaired) electrons. The van der Waals surface area contributed by atoms with Gasteiger partial charge in [-0.3, -0.25) is 18.6 Å². The number of carbonyl (C=O) groups is 1. The van der Waals surface area contributed by atoms with Crippen LogP contribution in [0.3, 0.4) is 0 Å². The number of aromatic nitrogens is 2. The third-order valence-corrected chi connectivity index (χ3v) is 6.59. The topological polar surface area (TPSA) is 147 Å². The predicted molar refractivity (Wildman–Crippen MR) is 142 cm³/mol. The summed E-state index contributed by atoms with van der Waals surface area (Å²) < 4.78 is 33.9. The van der Waals surface area contributed by atoms with E-state index in [0.29, 0.717) is 28.4 Å².